The summed E-state index contributed by atoms with van der Waals surface area (Å²) in [6.45, 7) is 1.91. The summed E-state index contributed by atoms with van der Waals surface area (Å²) >= 11 is 0. The normalized spacial score (nSPS) is 9.92. The molecule has 0 saturated heterocycles. The smallest absolute Gasteiger partial charge is 0.358 e. The number of hydrogen-bond acceptors (Lipinski definition) is 5. The van der Waals surface area contributed by atoms with Gasteiger partial charge in [0.1, 0.15) is 0 Å². The molecule has 1 heterocycles. The fourth-order valence-electron chi connectivity index (χ4n) is 0.912. The molecule has 0 fully saturated rings. The van der Waals surface area contributed by atoms with E-state index in [0.717, 1.165) is 10.9 Å². The van der Waals surface area contributed by atoms with Crippen molar-refractivity contribution in [2.45, 2.75) is 13.5 Å². The molecule has 1 aromatic rings. The number of rotatable bonds is 3. The molecule has 0 radical (unpaired) electrons. The minimum absolute atomic E-state index is 0.275. The predicted molar refractivity (Wildman–Crippen MR) is 41.2 cm³/mol. The van der Waals surface area contributed by atoms with E-state index in [9.17, 15) is 20.2 Å². The Balaban J connectivity index is 3.30. The number of imidazole rings is 1. The van der Waals surface area contributed by atoms with Gasteiger partial charge in [-0.15, -0.1) is 0 Å². The lowest BCUT2D eigenvalue weighted by Crippen LogP contribution is -2.01. The van der Waals surface area contributed by atoms with Gasteiger partial charge in [0.05, 0.1) is 6.54 Å². The first-order valence-electron chi connectivity index (χ1n) is 3.41. The Morgan fingerprint density at radius 2 is 2.08 bits per heavy atom. The first kappa shape index (κ1) is 9.10. The molecule has 0 aliphatic rings. The van der Waals surface area contributed by atoms with Crippen molar-refractivity contribution in [2.24, 2.45) is 0 Å². The van der Waals surface area contributed by atoms with Crippen LogP contribution in [0, 0.1) is 20.2 Å². The third kappa shape index (κ3) is 1.45. The largest absolute Gasteiger partial charge is 0.462 e. The molecule has 0 aliphatic heterocycles. The average molecular weight is 186 g/mol. The van der Waals surface area contributed by atoms with Crippen molar-refractivity contribution in [3.05, 3.63) is 26.6 Å². The van der Waals surface area contributed by atoms with Gasteiger partial charge >= 0.3 is 11.6 Å². The van der Waals surface area contributed by atoms with E-state index < -0.39 is 21.5 Å². The molecular formula is C5H6N4O4. The third-order valence-electron chi connectivity index (χ3n) is 1.48. The minimum atomic E-state index is -0.871. The summed E-state index contributed by atoms with van der Waals surface area (Å²) in [5.41, 5.74) is 0. The van der Waals surface area contributed by atoms with Gasteiger partial charge in [-0.25, -0.2) is 0 Å². The van der Waals surface area contributed by atoms with Crippen LogP contribution in [0.2, 0.25) is 0 Å². The SMILES string of the molecule is CCn1cnc([N+](=O)[O-])c1[N+](=O)[O-]. The van der Waals surface area contributed by atoms with Gasteiger partial charge in [0.15, 0.2) is 0 Å². The summed E-state index contributed by atoms with van der Waals surface area (Å²) in [5.74, 6) is -1.29. The van der Waals surface area contributed by atoms with Gasteiger partial charge in [-0.05, 0) is 16.8 Å². The van der Waals surface area contributed by atoms with E-state index >= 15 is 0 Å². The second kappa shape index (κ2) is 3.17. The molecule has 0 unspecified atom stereocenters. The fourth-order valence-corrected chi connectivity index (χ4v) is 0.912. The second-order valence-electron chi connectivity index (χ2n) is 2.19. The van der Waals surface area contributed by atoms with Crippen LogP contribution in [0.5, 0.6) is 0 Å². The van der Waals surface area contributed by atoms with Gasteiger partial charge in [-0.1, -0.05) is 0 Å². The molecule has 0 saturated carbocycles. The van der Waals surface area contributed by atoms with Crippen LogP contribution in [0.25, 0.3) is 0 Å². The molecule has 0 spiro atoms. The van der Waals surface area contributed by atoms with Gasteiger partial charge in [0.2, 0.25) is 0 Å². The molecule has 8 nitrogen and oxygen atoms in total. The van der Waals surface area contributed by atoms with E-state index in [1.807, 2.05) is 0 Å². The second-order valence-corrected chi connectivity index (χ2v) is 2.19. The van der Waals surface area contributed by atoms with Crippen molar-refractivity contribution < 1.29 is 9.85 Å². The highest BCUT2D eigenvalue weighted by atomic mass is 16.6. The van der Waals surface area contributed by atoms with Crippen molar-refractivity contribution in [3.63, 3.8) is 0 Å². The predicted octanol–water partition coefficient (Wildman–Crippen LogP) is 0.719. The maximum absolute atomic E-state index is 10.4. The van der Waals surface area contributed by atoms with Crippen LogP contribution in [0.1, 0.15) is 6.92 Å². The van der Waals surface area contributed by atoms with E-state index in [2.05, 4.69) is 4.98 Å². The molecule has 0 N–H and O–H groups in total. The Morgan fingerprint density at radius 3 is 2.46 bits per heavy atom. The molecule has 8 heteroatoms. The Bertz CT molecular complexity index is 357. The Kier molecular flexibility index (Phi) is 2.22. The summed E-state index contributed by atoms with van der Waals surface area (Å²) < 4.78 is 1.11. The van der Waals surface area contributed by atoms with Crippen LogP contribution in [-0.2, 0) is 6.54 Å². The zero-order chi connectivity index (χ0) is 10.0. The maximum atomic E-state index is 10.4. The van der Waals surface area contributed by atoms with Gasteiger partial charge in [0, 0.05) is 4.98 Å². The van der Waals surface area contributed by atoms with Gasteiger partial charge in [-0.3, -0.25) is 0 Å². The zero-order valence-corrected chi connectivity index (χ0v) is 6.71. The monoisotopic (exact) mass is 186 g/mol. The Labute approximate surface area is 72.1 Å². The molecule has 0 bridgehead atoms. The number of nitrogens with zero attached hydrogens (tertiary/aromatic N) is 4. The molecule has 1 rings (SSSR count). The van der Waals surface area contributed by atoms with E-state index in [1.165, 1.54) is 0 Å². The standard InChI is InChI=1S/C5H6N4O4/c1-2-7-3-6-4(8(10)11)5(7)9(12)13/h3H,2H2,1H3. The third-order valence-corrected chi connectivity index (χ3v) is 1.48. The summed E-state index contributed by atoms with van der Waals surface area (Å²) in [6, 6.07) is 0. The fraction of sp³-hybridized carbons (Fsp3) is 0.400. The molecule has 0 aromatic carbocycles. The van der Waals surface area contributed by atoms with Crippen molar-refractivity contribution in [2.75, 3.05) is 0 Å². The first-order chi connectivity index (χ1) is 6.07. The Hall–Kier alpha value is -1.99. The number of aryl methyl sites for hydroxylation is 1. The molecule has 0 aliphatic carbocycles. The highest BCUT2D eigenvalue weighted by Gasteiger charge is 2.30. The van der Waals surface area contributed by atoms with E-state index in [1.54, 1.807) is 6.92 Å². The Morgan fingerprint density at radius 1 is 1.46 bits per heavy atom. The number of aromatic nitrogens is 2. The molecule has 0 amide bonds. The van der Waals surface area contributed by atoms with E-state index in [-0.39, 0.29) is 6.54 Å². The van der Waals surface area contributed by atoms with Gasteiger partial charge in [0.25, 0.3) is 6.33 Å². The van der Waals surface area contributed by atoms with Gasteiger partial charge < -0.3 is 20.2 Å². The highest BCUT2D eigenvalue weighted by Crippen LogP contribution is 2.23. The summed E-state index contributed by atoms with van der Waals surface area (Å²) in [5, 5.41) is 20.7. The molecule has 1 aromatic heterocycles. The zero-order valence-electron chi connectivity index (χ0n) is 6.71. The first-order valence-corrected chi connectivity index (χ1v) is 3.41. The lowest BCUT2D eigenvalue weighted by atomic mass is 10.6. The topological polar surface area (TPSA) is 104 Å². The quantitative estimate of drug-likeness (QED) is 0.510. The van der Waals surface area contributed by atoms with Crippen LogP contribution >= 0.6 is 0 Å². The van der Waals surface area contributed by atoms with Crippen molar-refractivity contribution >= 4 is 11.6 Å². The molecule has 0 atom stereocenters. The lowest BCUT2D eigenvalue weighted by Gasteiger charge is -1.94. The summed E-state index contributed by atoms with van der Waals surface area (Å²) in [7, 11) is 0. The number of hydrogen-bond donors (Lipinski definition) is 0. The van der Waals surface area contributed by atoms with Crippen molar-refractivity contribution in [3.8, 4) is 0 Å². The van der Waals surface area contributed by atoms with E-state index in [4.69, 9.17) is 0 Å². The lowest BCUT2D eigenvalue weighted by molar-refractivity contribution is -0.428. The van der Waals surface area contributed by atoms with Crippen molar-refractivity contribution in [1.29, 1.82) is 0 Å². The molecular weight excluding hydrogens is 180 g/mol. The van der Waals surface area contributed by atoms with Gasteiger partial charge in [-0.2, -0.15) is 4.57 Å². The minimum Gasteiger partial charge on any atom is -0.358 e. The molecule has 13 heavy (non-hydrogen) atoms. The van der Waals surface area contributed by atoms with Crippen LogP contribution in [0.3, 0.4) is 0 Å². The maximum Gasteiger partial charge on any atom is 0.462 e. The average Bonchev–Trinajstić information content (AvgIpc) is 2.46. The van der Waals surface area contributed by atoms with Crippen LogP contribution in [0.4, 0.5) is 11.6 Å². The van der Waals surface area contributed by atoms with Crippen molar-refractivity contribution in [1.82, 2.24) is 9.55 Å². The van der Waals surface area contributed by atoms with E-state index in [0.29, 0.717) is 0 Å². The molecule has 70 valence electrons. The van der Waals surface area contributed by atoms with Crippen LogP contribution in [0.15, 0.2) is 6.33 Å². The highest BCUT2D eigenvalue weighted by molar-refractivity contribution is 5.40. The summed E-state index contributed by atoms with van der Waals surface area (Å²) in [6.07, 6.45) is 1.08. The summed E-state index contributed by atoms with van der Waals surface area (Å²) in [4.78, 5) is 22.3. The van der Waals surface area contributed by atoms with Crippen LogP contribution in [-0.4, -0.2) is 19.4 Å². The van der Waals surface area contributed by atoms with Crippen LogP contribution < -0.4 is 0 Å². The number of nitro groups is 2.